The van der Waals surface area contributed by atoms with Crippen LogP contribution >= 0.6 is 22.7 Å². The standard InChI is InChI=1S/C25H35NO2S.C24H35NO5S.C8H14.C5H12O2.C2H6.CH2O/c1-18-10-12-19(13-11-18)24(28)26(20-8-6-5-7-9-20)22-16-21(29-23(22)17-27)14-15-25(2,3)4;1-24(2,3)13-12-20-16-21(22(31-20)23(27)28)25(17-26)18-8-5-6-9-19(11-10-18)30-15-7-14-29-4;1-8-6-4-2-3-5-7-8;1-6-4-3-5-7-2;2*1-2/h10,16,19-20,27H,5-9,11-13,17H2,1-4H3;16-19H,5-11,14-15H2,1-4H3,(H,27,28);6H,2-5,7H2,1H3;3-5H2,1-2H3;1-2H3;1H2/t;18-,19?;;;;/m.1..../s1. The molecule has 2 fully saturated rings. The minimum absolute atomic E-state index is 0.0426. The topological polar surface area (TPSA) is 152 Å². The Balaban J connectivity index is 0.000000596. The summed E-state index contributed by atoms with van der Waals surface area (Å²) in [5.41, 5.74) is 4.09. The summed E-state index contributed by atoms with van der Waals surface area (Å²) in [6.45, 7) is 25.6. The Morgan fingerprint density at radius 2 is 1.22 bits per heavy atom. The van der Waals surface area contributed by atoms with E-state index < -0.39 is 5.97 Å². The van der Waals surface area contributed by atoms with Crippen LogP contribution in [0.4, 0.5) is 11.4 Å². The van der Waals surface area contributed by atoms with Crippen LogP contribution in [0.25, 0.3) is 0 Å². The van der Waals surface area contributed by atoms with Gasteiger partial charge >= 0.3 is 5.97 Å². The molecule has 0 aromatic carbocycles. The number of hydrogen-bond acceptors (Lipinski definition) is 11. The number of methoxy groups -OCH3 is 3. The largest absolute Gasteiger partial charge is 0.477 e. The second kappa shape index (κ2) is 41.8. The fraction of sp³-hybridized carbons (Fsp3) is 0.692. The Bertz CT molecular complexity index is 2200. The summed E-state index contributed by atoms with van der Waals surface area (Å²) in [6, 6.07) is 4.00. The molecule has 0 bridgehead atoms. The highest BCUT2D eigenvalue weighted by Gasteiger charge is 2.34. The van der Waals surface area contributed by atoms with Crippen molar-refractivity contribution >= 4 is 59.1 Å². The highest BCUT2D eigenvalue weighted by Crippen LogP contribution is 2.39. The molecule has 0 spiro atoms. The second-order valence-electron chi connectivity index (χ2n) is 22.6. The molecule has 0 saturated heterocycles. The maximum absolute atomic E-state index is 13.7. The number of ether oxygens (including phenoxy) is 4. The number of allylic oxidation sites excluding steroid dienone is 4. The van der Waals surface area contributed by atoms with Crippen molar-refractivity contribution in [1.29, 1.82) is 0 Å². The van der Waals surface area contributed by atoms with Crippen LogP contribution in [0.3, 0.4) is 0 Å². The van der Waals surface area contributed by atoms with E-state index in [0.717, 1.165) is 130 Å². The maximum Gasteiger partial charge on any atom is 0.348 e. The number of anilines is 2. The lowest BCUT2D eigenvalue weighted by atomic mass is 9.87. The van der Waals surface area contributed by atoms with Gasteiger partial charge in [0.1, 0.15) is 11.7 Å². The Labute approximate surface area is 486 Å². The number of carbonyl (C=O) groups is 4. The molecule has 0 radical (unpaired) electrons. The number of hydrogen-bond donors (Lipinski definition) is 2. The van der Waals surface area contributed by atoms with Gasteiger partial charge in [0.05, 0.1) is 38.7 Å². The van der Waals surface area contributed by atoms with Gasteiger partial charge in [0.25, 0.3) is 0 Å². The van der Waals surface area contributed by atoms with E-state index in [2.05, 4.69) is 75.4 Å². The number of carboxylic acids is 1. The number of nitrogens with zero attached hydrogens (tertiary/aromatic N) is 2. The average molecular weight is 1140 g/mol. The van der Waals surface area contributed by atoms with Gasteiger partial charge in [0.15, 0.2) is 0 Å². The number of amides is 2. The molecule has 12 nitrogen and oxygen atoms in total. The zero-order valence-corrected chi connectivity index (χ0v) is 52.8. The molecule has 2 saturated carbocycles. The smallest absolute Gasteiger partial charge is 0.348 e. The van der Waals surface area contributed by atoms with Crippen LogP contribution in [-0.2, 0) is 39.9 Å². The van der Waals surface area contributed by atoms with Gasteiger partial charge in [-0.3, -0.25) is 9.59 Å². The molecular formula is C65H104N2O10S2. The minimum Gasteiger partial charge on any atom is -0.477 e. The van der Waals surface area contributed by atoms with Crippen LogP contribution in [0.2, 0.25) is 0 Å². The molecule has 4 aliphatic rings. The van der Waals surface area contributed by atoms with Crippen molar-refractivity contribution < 1.29 is 48.3 Å². The molecule has 3 atom stereocenters. The van der Waals surface area contributed by atoms with Crippen LogP contribution in [0.1, 0.15) is 228 Å². The highest BCUT2D eigenvalue weighted by atomic mass is 32.1. The van der Waals surface area contributed by atoms with E-state index in [1.807, 2.05) is 47.5 Å². The van der Waals surface area contributed by atoms with Gasteiger partial charge in [-0.2, -0.15) is 0 Å². The zero-order chi connectivity index (χ0) is 59.2. The van der Waals surface area contributed by atoms with Crippen molar-refractivity contribution in [3.05, 3.63) is 54.9 Å². The van der Waals surface area contributed by atoms with E-state index in [-0.39, 0.29) is 52.3 Å². The van der Waals surface area contributed by atoms with Gasteiger partial charge in [0.2, 0.25) is 12.3 Å². The van der Waals surface area contributed by atoms with Crippen molar-refractivity contribution in [1.82, 2.24) is 0 Å². The number of aliphatic hydroxyl groups is 1. The van der Waals surface area contributed by atoms with Gasteiger partial charge in [-0.15, -0.1) is 22.7 Å². The van der Waals surface area contributed by atoms with Gasteiger partial charge in [-0.05, 0) is 164 Å². The molecule has 0 aliphatic heterocycles. The zero-order valence-electron chi connectivity index (χ0n) is 51.2. The van der Waals surface area contributed by atoms with Gasteiger partial charge < -0.3 is 43.8 Å². The number of aliphatic hydroxyl groups excluding tert-OH is 1. The Morgan fingerprint density at radius 3 is 1.76 bits per heavy atom. The molecule has 2 unspecified atom stereocenters. The average Bonchev–Trinajstić information content (AvgIpc) is 4.02. The maximum atomic E-state index is 13.7. The Hall–Kier alpha value is -4.12. The lowest BCUT2D eigenvalue weighted by molar-refractivity contribution is -0.123. The molecule has 2 N–H and O–H groups in total. The predicted molar refractivity (Wildman–Crippen MR) is 330 cm³/mol. The van der Waals surface area contributed by atoms with Crippen LogP contribution in [0.15, 0.2) is 35.4 Å². The number of rotatable bonds is 17. The van der Waals surface area contributed by atoms with E-state index in [9.17, 15) is 24.6 Å². The van der Waals surface area contributed by atoms with Crippen molar-refractivity contribution in [2.24, 2.45) is 16.7 Å². The van der Waals surface area contributed by atoms with Gasteiger partial charge in [-0.1, -0.05) is 99.4 Å². The van der Waals surface area contributed by atoms with Crippen LogP contribution in [-0.4, -0.2) is 101 Å². The summed E-state index contributed by atoms with van der Waals surface area (Å²) in [7, 11) is 5.07. The summed E-state index contributed by atoms with van der Waals surface area (Å²) in [5, 5.41) is 19.8. The molecule has 2 heterocycles. The first-order valence-electron chi connectivity index (χ1n) is 29.3. The minimum atomic E-state index is -1.03. The van der Waals surface area contributed by atoms with Gasteiger partial charge in [0, 0.05) is 76.6 Å². The lowest BCUT2D eigenvalue weighted by Crippen LogP contribution is -2.45. The predicted octanol–water partition coefficient (Wildman–Crippen LogP) is 15.4. The van der Waals surface area contributed by atoms with E-state index in [0.29, 0.717) is 23.8 Å². The summed E-state index contributed by atoms with van der Waals surface area (Å²) in [5.74, 6) is 12.0. The summed E-state index contributed by atoms with van der Waals surface area (Å²) < 4.78 is 20.6. The normalized spacial score (nSPS) is 18.4. The molecule has 6 rings (SSSR count). The number of carboxylic acid groups (broad SMARTS) is 1. The van der Waals surface area contributed by atoms with E-state index >= 15 is 0 Å². The fourth-order valence-corrected chi connectivity index (χ4v) is 11.2. The number of carbonyl (C=O) groups excluding carboxylic acids is 3. The first-order chi connectivity index (χ1) is 37.8. The summed E-state index contributed by atoms with van der Waals surface area (Å²) >= 11 is 2.66. The molecule has 2 amide bonds. The molecule has 2 aromatic rings. The molecule has 2 aromatic heterocycles. The monoisotopic (exact) mass is 1140 g/mol. The second-order valence-corrected chi connectivity index (χ2v) is 24.8. The van der Waals surface area contributed by atoms with Crippen molar-refractivity contribution in [3.8, 4) is 23.7 Å². The fourth-order valence-electron chi connectivity index (χ4n) is 9.48. The quantitative estimate of drug-likeness (QED) is 0.0678. The molecule has 446 valence electrons. The third kappa shape index (κ3) is 30.0. The number of thiophene rings is 2. The first-order valence-corrected chi connectivity index (χ1v) is 30.9. The molecule has 79 heavy (non-hydrogen) atoms. The lowest BCUT2D eigenvalue weighted by Gasteiger charge is -2.37. The van der Waals surface area contributed by atoms with E-state index in [1.54, 1.807) is 37.9 Å². The van der Waals surface area contributed by atoms with Gasteiger partial charge in [-0.25, -0.2) is 4.79 Å². The SMILES string of the molecule is C=O.CC.CC1=CCC(C(=O)N(c2cc(C#CC(C)(C)C)sc2CO)C2CCCCC2)CC1.CC1=CCCCCC1.COCCCOC.COCCCOC1CCCC[C@@H](N(C=O)c2cc(C#CC(C)(C)C)sc2C(=O)O)CC1. The summed E-state index contributed by atoms with van der Waals surface area (Å²) in [6.07, 6.45) is 28.4. The Morgan fingerprint density at radius 1 is 0.684 bits per heavy atom. The van der Waals surface area contributed by atoms with Crippen molar-refractivity contribution in [2.45, 2.75) is 229 Å². The highest BCUT2D eigenvalue weighted by molar-refractivity contribution is 7.15. The third-order valence-corrected chi connectivity index (χ3v) is 15.7. The molecular weight excluding hydrogens is 1030 g/mol. The number of aromatic carboxylic acids is 1. The molecule has 14 heteroatoms. The van der Waals surface area contributed by atoms with Crippen molar-refractivity contribution in [2.75, 3.05) is 57.6 Å². The van der Waals surface area contributed by atoms with Crippen LogP contribution in [0, 0.1) is 40.4 Å². The Kier molecular flexibility index (Phi) is 38.6. The third-order valence-electron chi connectivity index (χ3n) is 13.6. The first kappa shape index (κ1) is 72.9. The van der Waals surface area contributed by atoms with Crippen molar-refractivity contribution in [3.63, 3.8) is 0 Å². The van der Waals surface area contributed by atoms with E-state index in [4.69, 9.17) is 23.7 Å². The van der Waals surface area contributed by atoms with Crippen LogP contribution < -0.4 is 9.80 Å². The summed E-state index contributed by atoms with van der Waals surface area (Å²) in [4.78, 5) is 51.9. The van der Waals surface area contributed by atoms with E-state index in [1.165, 1.54) is 68.3 Å². The van der Waals surface area contributed by atoms with Crippen LogP contribution in [0.5, 0.6) is 0 Å². The molecule has 4 aliphatic carbocycles.